The molecular weight excluding hydrogens is 198 g/mol. The Balaban J connectivity index is 1.69. The third kappa shape index (κ3) is 1.91. The third-order valence-electron chi connectivity index (χ3n) is 5.22. The maximum absolute atomic E-state index is 10.4. The Labute approximate surface area is 99.0 Å². The normalized spacial score (nSPS) is 45.6. The molecule has 3 aliphatic rings. The first-order valence-electron chi connectivity index (χ1n) is 7.28. The zero-order valence-electron chi connectivity index (χ0n) is 10.3. The fourth-order valence-electron chi connectivity index (χ4n) is 4.34. The zero-order chi connectivity index (χ0) is 11.0. The zero-order valence-corrected chi connectivity index (χ0v) is 10.3. The Hall–Kier alpha value is -0.0800. The van der Waals surface area contributed by atoms with Crippen LogP contribution in [-0.2, 0) is 0 Å². The molecule has 0 aromatic heterocycles. The molecule has 2 saturated carbocycles. The molecule has 3 rings (SSSR count). The molecule has 0 unspecified atom stereocenters. The first-order chi connectivity index (χ1) is 7.86. The lowest BCUT2D eigenvalue weighted by Crippen LogP contribution is -2.53. The van der Waals surface area contributed by atoms with Crippen molar-refractivity contribution in [1.82, 2.24) is 4.90 Å². The fraction of sp³-hybridized carbons (Fsp3) is 1.00. The van der Waals surface area contributed by atoms with Crippen LogP contribution < -0.4 is 0 Å². The molecule has 0 spiro atoms. The molecule has 0 aromatic rings. The van der Waals surface area contributed by atoms with Crippen LogP contribution in [0.25, 0.3) is 0 Å². The molecule has 2 bridgehead atoms. The number of piperidine rings is 1. The highest BCUT2D eigenvalue weighted by atomic mass is 16.3. The van der Waals surface area contributed by atoms with Gasteiger partial charge >= 0.3 is 0 Å². The van der Waals surface area contributed by atoms with E-state index in [0.717, 1.165) is 0 Å². The van der Waals surface area contributed by atoms with Crippen LogP contribution in [-0.4, -0.2) is 35.2 Å². The predicted molar refractivity (Wildman–Crippen MR) is 65.3 cm³/mol. The second-order valence-electron chi connectivity index (χ2n) is 6.09. The van der Waals surface area contributed by atoms with Gasteiger partial charge in [-0.1, -0.05) is 12.8 Å². The van der Waals surface area contributed by atoms with E-state index in [0.29, 0.717) is 17.9 Å². The lowest BCUT2D eigenvalue weighted by Gasteiger charge is -2.49. The van der Waals surface area contributed by atoms with E-state index in [1.165, 1.54) is 64.5 Å². The molecular formula is C14H25NO. The van der Waals surface area contributed by atoms with Crippen LogP contribution in [0.1, 0.15) is 51.4 Å². The number of nitrogens with zero attached hydrogens (tertiary/aromatic N) is 1. The van der Waals surface area contributed by atoms with Crippen LogP contribution in [0, 0.1) is 11.8 Å². The van der Waals surface area contributed by atoms with E-state index in [2.05, 4.69) is 4.90 Å². The van der Waals surface area contributed by atoms with Gasteiger partial charge in [-0.15, -0.1) is 0 Å². The van der Waals surface area contributed by atoms with E-state index >= 15 is 0 Å². The number of fused-ring (bicyclic) bond motifs is 2. The van der Waals surface area contributed by atoms with Crippen molar-refractivity contribution < 1.29 is 5.11 Å². The highest BCUT2D eigenvalue weighted by Gasteiger charge is 2.42. The van der Waals surface area contributed by atoms with Gasteiger partial charge in [-0.2, -0.15) is 0 Å². The minimum absolute atomic E-state index is 0.0226. The van der Waals surface area contributed by atoms with Crippen LogP contribution >= 0.6 is 0 Å². The fourth-order valence-corrected chi connectivity index (χ4v) is 4.34. The quantitative estimate of drug-likeness (QED) is 0.738. The van der Waals surface area contributed by atoms with Crippen LogP contribution in [0.5, 0.6) is 0 Å². The summed E-state index contributed by atoms with van der Waals surface area (Å²) in [7, 11) is 0. The van der Waals surface area contributed by atoms with E-state index in [4.69, 9.17) is 0 Å². The minimum atomic E-state index is 0.0226. The Morgan fingerprint density at radius 2 is 1.62 bits per heavy atom. The lowest BCUT2D eigenvalue weighted by atomic mass is 9.67. The molecule has 4 atom stereocenters. The summed E-state index contributed by atoms with van der Waals surface area (Å²) in [4.78, 5) is 2.69. The number of likely N-dealkylation sites (tertiary alicyclic amines) is 1. The summed E-state index contributed by atoms with van der Waals surface area (Å²) in [5.41, 5.74) is 0. The van der Waals surface area contributed by atoms with E-state index in [1.54, 1.807) is 0 Å². The first kappa shape index (κ1) is 11.0. The Bertz CT molecular complexity index is 237. The van der Waals surface area contributed by atoms with Gasteiger partial charge in [0.2, 0.25) is 0 Å². The van der Waals surface area contributed by atoms with Gasteiger partial charge in [0.1, 0.15) is 0 Å². The van der Waals surface area contributed by atoms with Gasteiger partial charge < -0.3 is 10.0 Å². The predicted octanol–water partition coefficient (Wildman–Crippen LogP) is 2.41. The molecule has 0 amide bonds. The van der Waals surface area contributed by atoms with Gasteiger partial charge in [-0.3, -0.25) is 0 Å². The highest BCUT2D eigenvalue weighted by Crippen LogP contribution is 2.42. The summed E-state index contributed by atoms with van der Waals surface area (Å²) >= 11 is 0. The summed E-state index contributed by atoms with van der Waals surface area (Å²) in [6.45, 7) is 2.58. The molecule has 92 valence electrons. The smallest absolute Gasteiger partial charge is 0.0611 e. The van der Waals surface area contributed by atoms with Crippen LogP contribution in [0.4, 0.5) is 0 Å². The van der Waals surface area contributed by atoms with Gasteiger partial charge in [0, 0.05) is 12.0 Å². The molecule has 1 N–H and O–H groups in total. The van der Waals surface area contributed by atoms with Crippen molar-refractivity contribution in [2.75, 3.05) is 13.1 Å². The second-order valence-corrected chi connectivity index (χ2v) is 6.09. The Morgan fingerprint density at radius 3 is 2.44 bits per heavy atom. The average molecular weight is 223 g/mol. The molecule has 1 heterocycles. The van der Waals surface area contributed by atoms with Crippen molar-refractivity contribution in [3.8, 4) is 0 Å². The van der Waals surface area contributed by atoms with E-state index < -0.39 is 0 Å². The SMILES string of the molecule is O[C@@H]1[C@H]2CCC[C@@H]1[C@H](N1CCCCC1)CC2. The van der Waals surface area contributed by atoms with Gasteiger partial charge in [0.05, 0.1) is 6.10 Å². The largest absolute Gasteiger partial charge is 0.392 e. The molecule has 0 radical (unpaired) electrons. The number of aliphatic hydroxyl groups excluding tert-OH is 1. The maximum Gasteiger partial charge on any atom is 0.0611 e. The van der Waals surface area contributed by atoms with Gasteiger partial charge in [0.15, 0.2) is 0 Å². The van der Waals surface area contributed by atoms with Gasteiger partial charge in [-0.05, 0) is 57.5 Å². The van der Waals surface area contributed by atoms with Crippen LogP contribution in [0.2, 0.25) is 0 Å². The van der Waals surface area contributed by atoms with Crippen LogP contribution in [0.3, 0.4) is 0 Å². The van der Waals surface area contributed by atoms with Crippen molar-refractivity contribution in [1.29, 1.82) is 0 Å². The van der Waals surface area contributed by atoms with Crippen molar-refractivity contribution >= 4 is 0 Å². The summed E-state index contributed by atoms with van der Waals surface area (Å²) in [6.07, 6.45) is 10.7. The highest BCUT2D eigenvalue weighted by molar-refractivity contribution is 4.95. The van der Waals surface area contributed by atoms with Crippen molar-refractivity contribution in [2.45, 2.75) is 63.5 Å². The topological polar surface area (TPSA) is 23.5 Å². The van der Waals surface area contributed by atoms with Crippen molar-refractivity contribution in [2.24, 2.45) is 11.8 Å². The summed E-state index contributed by atoms with van der Waals surface area (Å²) < 4.78 is 0. The monoisotopic (exact) mass is 223 g/mol. The lowest BCUT2D eigenvalue weighted by molar-refractivity contribution is -0.0659. The molecule has 0 aromatic carbocycles. The number of aliphatic hydroxyl groups is 1. The molecule has 2 nitrogen and oxygen atoms in total. The molecule has 16 heavy (non-hydrogen) atoms. The standard InChI is InChI=1S/C14H25NO/c16-14-11-5-4-6-12(14)13(8-7-11)15-9-2-1-3-10-15/h11-14,16H,1-10H2/t11-,12+,13+,14+/m0/s1. The van der Waals surface area contributed by atoms with E-state index in [-0.39, 0.29) is 6.10 Å². The number of rotatable bonds is 1. The van der Waals surface area contributed by atoms with Crippen molar-refractivity contribution in [3.05, 3.63) is 0 Å². The molecule has 1 aliphatic heterocycles. The Morgan fingerprint density at radius 1 is 0.812 bits per heavy atom. The molecule has 2 aliphatic carbocycles. The Kier molecular flexibility index (Phi) is 3.21. The van der Waals surface area contributed by atoms with E-state index in [1.807, 2.05) is 0 Å². The maximum atomic E-state index is 10.4. The summed E-state index contributed by atoms with van der Waals surface area (Å²) in [5.74, 6) is 1.24. The second kappa shape index (κ2) is 4.66. The van der Waals surface area contributed by atoms with Crippen LogP contribution in [0.15, 0.2) is 0 Å². The third-order valence-corrected chi connectivity index (χ3v) is 5.22. The van der Waals surface area contributed by atoms with Gasteiger partial charge in [0.25, 0.3) is 0 Å². The average Bonchev–Trinajstić information content (AvgIpc) is 2.30. The number of hydrogen-bond acceptors (Lipinski definition) is 2. The van der Waals surface area contributed by atoms with E-state index in [9.17, 15) is 5.11 Å². The first-order valence-corrected chi connectivity index (χ1v) is 7.28. The summed E-state index contributed by atoms with van der Waals surface area (Å²) in [6, 6.07) is 0.715. The molecule has 2 heteroatoms. The number of hydrogen-bond donors (Lipinski definition) is 1. The van der Waals surface area contributed by atoms with Gasteiger partial charge in [-0.25, -0.2) is 0 Å². The molecule has 1 saturated heterocycles. The van der Waals surface area contributed by atoms with Crippen molar-refractivity contribution in [3.63, 3.8) is 0 Å². The minimum Gasteiger partial charge on any atom is -0.392 e. The summed E-state index contributed by atoms with van der Waals surface area (Å²) in [5, 5.41) is 10.4. The molecule has 3 fully saturated rings.